The zero-order valence-corrected chi connectivity index (χ0v) is 17.0. The Bertz CT molecular complexity index is 958. The van der Waals surface area contributed by atoms with Gasteiger partial charge in [0.15, 0.2) is 0 Å². The Balaban J connectivity index is 1.64. The molecule has 0 fully saturated rings. The molecular weight excluding hydrogens is 413 g/mol. The summed E-state index contributed by atoms with van der Waals surface area (Å²) in [6, 6.07) is 29.2. The van der Waals surface area contributed by atoms with E-state index in [2.05, 4.69) is 12.1 Å². The van der Waals surface area contributed by atoms with Crippen molar-refractivity contribution in [2.45, 2.75) is 18.7 Å². The van der Waals surface area contributed by atoms with Crippen molar-refractivity contribution in [1.29, 1.82) is 0 Å². The minimum atomic E-state index is -0.752. The molecule has 0 aliphatic carbocycles. The summed E-state index contributed by atoms with van der Waals surface area (Å²) in [4.78, 5) is 15.0. The summed E-state index contributed by atoms with van der Waals surface area (Å²) in [6.07, 6.45) is 1.22. The van der Waals surface area contributed by atoms with Gasteiger partial charge < -0.3 is 0 Å². The molecule has 3 aromatic carbocycles. The number of hydrogen-bond donors (Lipinski definition) is 1. The fourth-order valence-electron chi connectivity index (χ4n) is 3.35. The maximum atomic E-state index is 13.2. The van der Waals surface area contributed by atoms with Gasteiger partial charge in [-0.1, -0.05) is 0 Å². The van der Waals surface area contributed by atoms with Crippen LogP contribution >= 0.6 is 0 Å². The van der Waals surface area contributed by atoms with Gasteiger partial charge in [-0.3, -0.25) is 0 Å². The van der Waals surface area contributed by atoms with Crippen molar-refractivity contribution in [1.82, 2.24) is 4.90 Å². The third kappa shape index (κ3) is 4.10. The van der Waals surface area contributed by atoms with Crippen molar-refractivity contribution >= 4 is 25.3 Å². The third-order valence-corrected chi connectivity index (χ3v) is 6.96. The van der Waals surface area contributed by atoms with Gasteiger partial charge in [0.05, 0.1) is 0 Å². The fraction of sp³-hybridized carbons (Fsp3) is 0.125. The summed E-state index contributed by atoms with van der Waals surface area (Å²) in [7, 11) is 0. The summed E-state index contributed by atoms with van der Waals surface area (Å²) in [5, 5.41) is 11.0. The van der Waals surface area contributed by atoms with E-state index in [0.717, 1.165) is 20.1 Å². The normalized spacial score (nSPS) is 17.5. The molecule has 0 bridgehead atoms. The summed E-state index contributed by atoms with van der Waals surface area (Å²) in [5.74, 6) is 0.0210. The van der Waals surface area contributed by atoms with Crippen molar-refractivity contribution < 1.29 is 9.90 Å². The molecule has 0 saturated carbocycles. The van der Waals surface area contributed by atoms with E-state index in [9.17, 15) is 9.90 Å². The van der Waals surface area contributed by atoms with Gasteiger partial charge in [0.25, 0.3) is 0 Å². The number of rotatable bonds is 6. The van der Waals surface area contributed by atoms with Gasteiger partial charge in [-0.05, 0) is 0 Å². The van der Waals surface area contributed by atoms with Crippen LogP contribution in [0.4, 0.5) is 0 Å². The zero-order chi connectivity index (χ0) is 19.3. The standard InChI is InChI=1S/C24H21NO2Se/c26-23(19-12-6-2-7-13-19)21-16-22(28-20-14-8-3-9-15-20)24(27)25(21)17-18-10-4-1-5-11-18/h1-16,21,23,26H,17H2/t21-,23+/m0/s1. The molecule has 3 nitrogen and oxygen atoms in total. The molecular formula is C24H21NO2Se. The number of amides is 1. The van der Waals surface area contributed by atoms with Crippen LogP contribution in [0.1, 0.15) is 17.2 Å². The number of aliphatic hydroxyl groups excluding tert-OH is 1. The average Bonchev–Trinajstić information content (AvgIpc) is 3.05. The van der Waals surface area contributed by atoms with Crippen molar-refractivity contribution in [2.75, 3.05) is 0 Å². The second-order valence-electron chi connectivity index (χ2n) is 6.71. The Kier molecular flexibility index (Phi) is 5.73. The zero-order valence-electron chi connectivity index (χ0n) is 15.3. The summed E-state index contributed by atoms with van der Waals surface area (Å²) < 4.78 is 1.96. The number of nitrogens with zero attached hydrogens (tertiary/aromatic N) is 1. The van der Waals surface area contributed by atoms with Gasteiger partial charge >= 0.3 is 171 Å². The summed E-state index contributed by atoms with van der Waals surface area (Å²) >= 11 is -0.0849. The second kappa shape index (κ2) is 8.57. The molecule has 4 heteroatoms. The average molecular weight is 434 g/mol. The van der Waals surface area contributed by atoms with Crippen molar-refractivity contribution in [3.8, 4) is 0 Å². The molecule has 4 rings (SSSR count). The first kappa shape index (κ1) is 18.7. The monoisotopic (exact) mass is 435 g/mol. The van der Waals surface area contributed by atoms with Gasteiger partial charge in [0.2, 0.25) is 0 Å². The van der Waals surface area contributed by atoms with E-state index in [1.807, 2.05) is 84.9 Å². The minimum absolute atomic E-state index is 0.0210. The van der Waals surface area contributed by atoms with Gasteiger partial charge in [-0.25, -0.2) is 0 Å². The van der Waals surface area contributed by atoms with Crippen molar-refractivity contribution in [3.05, 3.63) is 113 Å². The molecule has 0 saturated heterocycles. The van der Waals surface area contributed by atoms with E-state index < -0.39 is 6.10 Å². The van der Waals surface area contributed by atoms with Crippen LogP contribution in [0.5, 0.6) is 0 Å². The maximum absolute atomic E-state index is 13.2. The Morgan fingerprint density at radius 1 is 0.857 bits per heavy atom. The first-order chi connectivity index (χ1) is 13.7. The van der Waals surface area contributed by atoms with Crippen molar-refractivity contribution in [2.24, 2.45) is 0 Å². The van der Waals surface area contributed by atoms with Gasteiger partial charge in [0, 0.05) is 0 Å². The van der Waals surface area contributed by atoms with E-state index in [0.29, 0.717) is 6.54 Å². The van der Waals surface area contributed by atoms with Crippen LogP contribution in [0.2, 0.25) is 0 Å². The van der Waals surface area contributed by atoms with E-state index in [1.165, 1.54) is 0 Å². The molecule has 0 spiro atoms. The molecule has 140 valence electrons. The van der Waals surface area contributed by atoms with Gasteiger partial charge in [0.1, 0.15) is 0 Å². The molecule has 28 heavy (non-hydrogen) atoms. The molecule has 1 aliphatic rings. The number of carbonyl (C=O) groups excluding carboxylic acids is 1. The number of aliphatic hydroxyl groups is 1. The predicted octanol–water partition coefficient (Wildman–Crippen LogP) is 3.04. The van der Waals surface area contributed by atoms with Crippen LogP contribution < -0.4 is 4.46 Å². The fourth-order valence-corrected chi connectivity index (χ4v) is 5.37. The van der Waals surface area contributed by atoms with Crippen LogP contribution in [0, 0.1) is 0 Å². The van der Waals surface area contributed by atoms with Crippen LogP contribution in [0.15, 0.2) is 102 Å². The SMILES string of the molecule is O=C1C([Se]c2ccccc2)=C[C@@H]([C@H](O)c2ccccc2)N1Cc1ccccc1. The Morgan fingerprint density at radius 3 is 2.07 bits per heavy atom. The molecule has 3 aromatic rings. The Morgan fingerprint density at radius 2 is 1.43 bits per heavy atom. The molecule has 0 unspecified atom stereocenters. The Labute approximate surface area is 171 Å². The number of carbonyl (C=O) groups is 1. The molecule has 1 amide bonds. The van der Waals surface area contributed by atoms with Gasteiger partial charge in [-0.2, -0.15) is 0 Å². The quantitative estimate of drug-likeness (QED) is 0.606. The van der Waals surface area contributed by atoms with E-state index >= 15 is 0 Å². The van der Waals surface area contributed by atoms with Crippen LogP contribution in [0.25, 0.3) is 0 Å². The van der Waals surface area contributed by atoms with E-state index in [-0.39, 0.29) is 26.9 Å². The Hall–Kier alpha value is -2.65. The van der Waals surface area contributed by atoms with Crippen LogP contribution in [0.3, 0.4) is 0 Å². The number of hydrogen-bond acceptors (Lipinski definition) is 2. The molecule has 0 aromatic heterocycles. The van der Waals surface area contributed by atoms with Gasteiger partial charge in [-0.15, -0.1) is 0 Å². The second-order valence-corrected chi connectivity index (χ2v) is 9.05. The van der Waals surface area contributed by atoms with Crippen LogP contribution in [-0.4, -0.2) is 36.9 Å². The molecule has 0 radical (unpaired) electrons. The summed E-state index contributed by atoms with van der Waals surface area (Å²) in [5.41, 5.74) is 1.88. The van der Waals surface area contributed by atoms with Crippen molar-refractivity contribution in [3.63, 3.8) is 0 Å². The van der Waals surface area contributed by atoms with E-state index in [4.69, 9.17) is 0 Å². The first-order valence-electron chi connectivity index (χ1n) is 9.25. The predicted molar refractivity (Wildman–Crippen MR) is 112 cm³/mol. The molecule has 1 N–H and O–H groups in total. The topological polar surface area (TPSA) is 40.5 Å². The molecule has 2 atom stereocenters. The first-order valence-corrected chi connectivity index (χ1v) is 11.0. The van der Waals surface area contributed by atoms with E-state index in [1.54, 1.807) is 4.90 Å². The molecule has 1 heterocycles. The third-order valence-electron chi connectivity index (χ3n) is 4.79. The number of benzene rings is 3. The summed E-state index contributed by atoms with van der Waals surface area (Å²) in [6.45, 7) is 0.485. The van der Waals surface area contributed by atoms with Crippen LogP contribution in [-0.2, 0) is 11.3 Å². The molecule has 1 aliphatic heterocycles.